The van der Waals surface area contributed by atoms with Crippen LogP contribution in [0.15, 0.2) is 18.5 Å². The van der Waals surface area contributed by atoms with Crippen molar-refractivity contribution in [2.45, 2.75) is 0 Å². The molecule has 0 bridgehead atoms. The van der Waals surface area contributed by atoms with E-state index in [0.717, 1.165) is 26.2 Å². The van der Waals surface area contributed by atoms with Gasteiger partial charge in [0.25, 0.3) is 5.91 Å². The van der Waals surface area contributed by atoms with Crippen LogP contribution in [-0.2, 0) is 0 Å². The number of nitrogen functional groups attached to an aromatic ring is 1. The zero-order chi connectivity index (χ0) is 10.7. The number of nitrogens with two attached hydrogens (primary N) is 1. The molecule has 80 valence electrons. The van der Waals surface area contributed by atoms with Gasteiger partial charge >= 0.3 is 0 Å². The molecule has 5 heteroatoms. The summed E-state index contributed by atoms with van der Waals surface area (Å²) in [5.74, 6) is 0.0105. The molecule has 0 spiro atoms. The smallest absolute Gasteiger partial charge is 0.255 e. The van der Waals surface area contributed by atoms with Gasteiger partial charge in [-0.05, 0) is 6.07 Å². The molecule has 1 aliphatic heterocycles. The first-order valence-corrected chi connectivity index (χ1v) is 4.98. The van der Waals surface area contributed by atoms with E-state index in [1.54, 1.807) is 12.3 Å². The minimum atomic E-state index is 0.0105. The van der Waals surface area contributed by atoms with Gasteiger partial charge in [-0.2, -0.15) is 0 Å². The summed E-state index contributed by atoms with van der Waals surface area (Å²) in [5, 5.41) is 3.20. The van der Waals surface area contributed by atoms with E-state index in [9.17, 15) is 4.79 Å². The minimum Gasteiger partial charge on any atom is -0.397 e. The quantitative estimate of drug-likeness (QED) is 0.662. The predicted molar refractivity (Wildman–Crippen MR) is 57.4 cm³/mol. The number of hydrogen-bond acceptors (Lipinski definition) is 4. The summed E-state index contributed by atoms with van der Waals surface area (Å²) < 4.78 is 0. The molecule has 2 rings (SSSR count). The molecule has 0 saturated carbocycles. The highest BCUT2D eigenvalue weighted by Crippen LogP contribution is 2.08. The zero-order valence-corrected chi connectivity index (χ0v) is 8.44. The first-order chi connectivity index (χ1) is 7.27. The molecule has 1 amide bonds. The number of piperazine rings is 1. The average molecular weight is 206 g/mol. The fraction of sp³-hybridized carbons (Fsp3) is 0.400. The number of carbonyl (C=O) groups is 1. The topological polar surface area (TPSA) is 71.2 Å². The molecule has 1 aliphatic rings. The summed E-state index contributed by atoms with van der Waals surface area (Å²) >= 11 is 0. The molecule has 1 aromatic rings. The molecule has 1 fully saturated rings. The van der Waals surface area contributed by atoms with Gasteiger partial charge in [-0.25, -0.2) is 0 Å². The fourth-order valence-corrected chi connectivity index (χ4v) is 1.63. The summed E-state index contributed by atoms with van der Waals surface area (Å²) in [5.41, 5.74) is 6.67. The Bertz CT molecular complexity index is 360. The normalized spacial score (nSPS) is 16.4. The van der Waals surface area contributed by atoms with Gasteiger partial charge in [0.05, 0.1) is 11.3 Å². The molecule has 0 aromatic carbocycles. The van der Waals surface area contributed by atoms with E-state index in [1.807, 2.05) is 4.90 Å². The molecule has 0 aliphatic carbocycles. The average Bonchev–Trinajstić information content (AvgIpc) is 2.29. The molecule has 5 nitrogen and oxygen atoms in total. The maximum atomic E-state index is 12.0. The second-order valence-electron chi connectivity index (χ2n) is 3.55. The van der Waals surface area contributed by atoms with Crippen molar-refractivity contribution in [1.82, 2.24) is 15.2 Å². The van der Waals surface area contributed by atoms with E-state index in [2.05, 4.69) is 10.3 Å². The number of carbonyl (C=O) groups excluding carboxylic acids is 1. The van der Waals surface area contributed by atoms with Gasteiger partial charge in [-0.3, -0.25) is 9.78 Å². The Morgan fingerprint density at radius 3 is 2.80 bits per heavy atom. The number of amides is 1. The van der Waals surface area contributed by atoms with Gasteiger partial charge in [0.15, 0.2) is 0 Å². The van der Waals surface area contributed by atoms with Gasteiger partial charge in [0.1, 0.15) is 0 Å². The van der Waals surface area contributed by atoms with Gasteiger partial charge in [-0.15, -0.1) is 0 Å². The maximum absolute atomic E-state index is 12.0. The highest BCUT2D eigenvalue weighted by molar-refractivity contribution is 5.94. The van der Waals surface area contributed by atoms with Crippen LogP contribution >= 0.6 is 0 Å². The standard InChI is InChI=1S/C10H14N4O/c11-9-5-8(6-13-7-9)10(15)14-3-1-12-2-4-14/h5-7,12H,1-4,11H2. The van der Waals surface area contributed by atoms with E-state index >= 15 is 0 Å². The van der Waals surface area contributed by atoms with Crippen molar-refractivity contribution in [3.05, 3.63) is 24.0 Å². The lowest BCUT2D eigenvalue weighted by atomic mass is 10.2. The number of nitrogens with one attached hydrogen (secondary N) is 1. The van der Waals surface area contributed by atoms with E-state index in [1.165, 1.54) is 6.20 Å². The monoisotopic (exact) mass is 206 g/mol. The third-order valence-electron chi connectivity index (χ3n) is 2.41. The molecule has 2 heterocycles. The van der Waals surface area contributed by atoms with Gasteiger partial charge in [0.2, 0.25) is 0 Å². The third-order valence-corrected chi connectivity index (χ3v) is 2.41. The minimum absolute atomic E-state index is 0.0105. The van der Waals surface area contributed by atoms with Crippen LogP contribution in [0.3, 0.4) is 0 Å². The van der Waals surface area contributed by atoms with Gasteiger partial charge in [0, 0.05) is 38.6 Å². The van der Waals surface area contributed by atoms with Crippen molar-refractivity contribution in [3.63, 3.8) is 0 Å². The number of rotatable bonds is 1. The van der Waals surface area contributed by atoms with Gasteiger partial charge < -0.3 is 16.0 Å². The largest absolute Gasteiger partial charge is 0.397 e. The van der Waals surface area contributed by atoms with Crippen molar-refractivity contribution >= 4 is 11.6 Å². The van der Waals surface area contributed by atoms with Crippen LogP contribution in [0.25, 0.3) is 0 Å². The Kier molecular flexibility index (Phi) is 2.82. The number of hydrogen-bond donors (Lipinski definition) is 2. The molecule has 15 heavy (non-hydrogen) atoms. The number of aromatic nitrogens is 1. The molecule has 0 atom stereocenters. The summed E-state index contributed by atoms with van der Waals surface area (Å²) in [6, 6.07) is 1.66. The number of nitrogens with zero attached hydrogens (tertiary/aromatic N) is 2. The Morgan fingerprint density at radius 1 is 1.40 bits per heavy atom. The highest BCUT2D eigenvalue weighted by Gasteiger charge is 2.17. The van der Waals surface area contributed by atoms with Crippen LogP contribution in [0.5, 0.6) is 0 Å². The molecule has 0 unspecified atom stereocenters. The van der Waals surface area contributed by atoms with Crippen LogP contribution in [0.2, 0.25) is 0 Å². The maximum Gasteiger partial charge on any atom is 0.255 e. The summed E-state index contributed by atoms with van der Waals surface area (Å²) in [7, 11) is 0. The second kappa shape index (κ2) is 4.27. The summed E-state index contributed by atoms with van der Waals surface area (Å²) in [4.78, 5) is 17.7. The molecular formula is C10H14N4O. The Labute approximate surface area is 88.3 Å². The summed E-state index contributed by atoms with van der Waals surface area (Å²) in [6.07, 6.45) is 3.09. The number of pyridine rings is 1. The zero-order valence-electron chi connectivity index (χ0n) is 8.44. The molecule has 1 aromatic heterocycles. The first kappa shape index (κ1) is 9.92. The van der Waals surface area contributed by atoms with Crippen molar-refractivity contribution in [2.24, 2.45) is 0 Å². The van der Waals surface area contributed by atoms with Crippen LogP contribution in [-0.4, -0.2) is 42.0 Å². The number of anilines is 1. The molecular weight excluding hydrogens is 192 g/mol. The van der Waals surface area contributed by atoms with Gasteiger partial charge in [-0.1, -0.05) is 0 Å². The first-order valence-electron chi connectivity index (χ1n) is 4.98. The van der Waals surface area contributed by atoms with Crippen LogP contribution in [0.1, 0.15) is 10.4 Å². The predicted octanol–water partition coefficient (Wildman–Crippen LogP) is -0.291. The lowest BCUT2D eigenvalue weighted by Crippen LogP contribution is -2.46. The van der Waals surface area contributed by atoms with Crippen LogP contribution < -0.4 is 11.1 Å². The van der Waals surface area contributed by atoms with Crippen molar-refractivity contribution in [3.8, 4) is 0 Å². The molecule has 3 N–H and O–H groups in total. The SMILES string of the molecule is Nc1cncc(C(=O)N2CCNCC2)c1. The Balaban J connectivity index is 2.12. The highest BCUT2D eigenvalue weighted by atomic mass is 16.2. The Morgan fingerprint density at radius 2 is 2.13 bits per heavy atom. The molecule has 1 saturated heterocycles. The van der Waals surface area contributed by atoms with E-state index in [0.29, 0.717) is 11.3 Å². The summed E-state index contributed by atoms with van der Waals surface area (Å²) in [6.45, 7) is 3.18. The van der Waals surface area contributed by atoms with E-state index in [-0.39, 0.29) is 5.91 Å². The van der Waals surface area contributed by atoms with Crippen LogP contribution in [0, 0.1) is 0 Å². The Hall–Kier alpha value is -1.62. The second-order valence-corrected chi connectivity index (χ2v) is 3.55. The third kappa shape index (κ3) is 2.24. The molecule has 0 radical (unpaired) electrons. The van der Waals surface area contributed by atoms with Crippen molar-refractivity contribution in [2.75, 3.05) is 31.9 Å². The van der Waals surface area contributed by atoms with Crippen molar-refractivity contribution in [1.29, 1.82) is 0 Å². The van der Waals surface area contributed by atoms with Crippen molar-refractivity contribution < 1.29 is 4.79 Å². The lowest BCUT2D eigenvalue weighted by Gasteiger charge is -2.27. The fourth-order valence-electron chi connectivity index (χ4n) is 1.63. The van der Waals surface area contributed by atoms with Crippen LogP contribution in [0.4, 0.5) is 5.69 Å². The lowest BCUT2D eigenvalue weighted by molar-refractivity contribution is 0.0735. The van der Waals surface area contributed by atoms with E-state index < -0.39 is 0 Å². The van der Waals surface area contributed by atoms with E-state index in [4.69, 9.17) is 5.73 Å².